The van der Waals surface area contributed by atoms with E-state index in [2.05, 4.69) is 254 Å². The molecule has 12 aromatic rings. The maximum atomic E-state index is 6.51. The van der Waals surface area contributed by atoms with Crippen molar-refractivity contribution in [3.8, 4) is 66.8 Å². The fraction of sp³-hybridized carbons (Fsp3) is 0. The molecule has 0 unspecified atom stereocenters. The Bertz CT molecular complexity index is 3680. The maximum absolute atomic E-state index is 6.51. The normalized spacial score (nSPS) is 11.3. The van der Waals surface area contributed by atoms with Gasteiger partial charge < -0.3 is 9.32 Å². The zero-order valence-corrected chi connectivity index (χ0v) is 36.2. The highest BCUT2D eigenvalue weighted by atomic mass is 16.3. The standard InChI is InChI=1S/C64H43NO/c1-3-18-44(19-4-1)53-25-9-10-28-58(53)63-54(46-20-5-2-6-21-46)30-16-32-59(63)56-26-11-13-34-61(56)65(49-40-36-47(37-41-49)52-29-15-23-45-22-7-8-24-51(45)52)50-42-38-48(39-43-50)55-31-17-33-60-57-27-12-14-35-62(57)66-64(55)60/h1-43H. The zero-order chi connectivity index (χ0) is 43.8. The van der Waals surface area contributed by atoms with Crippen molar-refractivity contribution in [1.29, 1.82) is 0 Å². The quantitative estimate of drug-likeness (QED) is 0.144. The lowest BCUT2D eigenvalue weighted by Crippen LogP contribution is -2.11. The summed E-state index contributed by atoms with van der Waals surface area (Å²) in [7, 11) is 0. The lowest BCUT2D eigenvalue weighted by atomic mass is 9.84. The highest BCUT2D eigenvalue weighted by Crippen LogP contribution is 2.49. The molecular weight excluding hydrogens is 799 g/mol. The van der Waals surface area contributed by atoms with Crippen LogP contribution in [0.3, 0.4) is 0 Å². The number of nitrogens with zero attached hydrogens (tertiary/aromatic N) is 1. The van der Waals surface area contributed by atoms with Gasteiger partial charge in [-0.05, 0) is 103 Å². The minimum atomic E-state index is 0.897. The minimum Gasteiger partial charge on any atom is -0.455 e. The van der Waals surface area contributed by atoms with E-state index < -0.39 is 0 Å². The molecule has 0 saturated carbocycles. The lowest BCUT2D eigenvalue weighted by molar-refractivity contribution is 0.670. The van der Waals surface area contributed by atoms with Crippen molar-refractivity contribution < 1.29 is 4.42 Å². The van der Waals surface area contributed by atoms with Crippen molar-refractivity contribution in [3.63, 3.8) is 0 Å². The van der Waals surface area contributed by atoms with Crippen LogP contribution in [0.2, 0.25) is 0 Å². The molecule has 0 spiro atoms. The number of benzene rings is 11. The topological polar surface area (TPSA) is 16.4 Å². The summed E-state index contributed by atoms with van der Waals surface area (Å²) in [5, 5.41) is 4.72. The summed E-state index contributed by atoms with van der Waals surface area (Å²) in [5.74, 6) is 0. The van der Waals surface area contributed by atoms with Crippen LogP contribution in [-0.2, 0) is 0 Å². The van der Waals surface area contributed by atoms with E-state index in [4.69, 9.17) is 4.42 Å². The molecule has 0 aliphatic rings. The highest BCUT2D eigenvalue weighted by Gasteiger charge is 2.23. The number of fused-ring (bicyclic) bond motifs is 4. The van der Waals surface area contributed by atoms with Crippen molar-refractivity contribution >= 4 is 49.8 Å². The van der Waals surface area contributed by atoms with Crippen molar-refractivity contribution in [2.45, 2.75) is 0 Å². The van der Waals surface area contributed by atoms with E-state index in [0.29, 0.717) is 0 Å². The van der Waals surface area contributed by atoms with Crippen LogP contribution in [0.1, 0.15) is 0 Å². The lowest BCUT2D eigenvalue weighted by Gasteiger charge is -2.29. The highest BCUT2D eigenvalue weighted by molar-refractivity contribution is 6.10. The molecule has 0 saturated heterocycles. The summed E-state index contributed by atoms with van der Waals surface area (Å²) in [4.78, 5) is 2.41. The predicted octanol–water partition coefficient (Wildman–Crippen LogP) is 18.2. The van der Waals surface area contributed by atoms with E-state index in [1.165, 1.54) is 55.3 Å². The fourth-order valence-corrected chi connectivity index (χ4v) is 9.85. The molecule has 0 amide bonds. The smallest absolute Gasteiger partial charge is 0.143 e. The molecule has 2 nitrogen and oxygen atoms in total. The molecule has 11 aromatic carbocycles. The van der Waals surface area contributed by atoms with Gasteiger partial charge in [0.1, 0.15) is 11.2 Å². The Hall–Kier alpha value is -8.72. The van der Waals surface area contributed by atoms with E-state index in [1.807, 2.05) is 12.1 Å². The summed E-state index contributed by atoms with van der Waals surface area (Å²) in [6, 6.07) is 93.9. The largest absolute Gasteiger partial charge is 0.455 e. The molecule has 0 aliphatic heterocycles. The van der Waals surface area contributed by atoms with Crippen LogP contribution in [0.4, 0.5) is 17.1 Å². The number of hydrogen-bond donors (Lipinski definition) is 0. The van der Waals surface area contributed by atoms with Gasteiger partial charge in [0, 0.05) is 33.3 Å². The van der Waals surface area contributed by atoms with Gasteiger partial charge in [-0.15, -0.1) is 0 Å². The molecule has 0 aliphatic carbocycles. The fourth-order valence-electron chi connectivity index (χ4n) is 9.85. The number of para-hydroxylation sites is 3. The molecule has 1 heterocycles. The first-order valence-electron chi connectivity index (χ1n) is 22.6. The molecular formula is C64H43NO. The summed E-state index contributed by atoms with van der Waals surface area (Å²) >= 11 is 0. The molecule has 12 rings (SSSR count). The second kappa shape index (κ2) is 16.8. The second-order valence-electron chi connectivity index (χ2n) is 16.8. The number of anilines is 3. The Labute approximate surface area is 384 Å². The Morgan fingerprint density at radius 1 is 0.258 bits per heavy atom. The molecule has 0 radical (unpaired) electrons. The van der Waals surface area contributed by atoms with Crippen LogP contribution < -0.4 is 4.90 Å². The summed E-state index contributed by atoms with van der Waals surface area (Å²) < 4.78 is 6.51. The average molecular weight is 842 g/mol. The molecule has 310 valence electrons. The SMILES string of the molecule is c1ccc(-c2ccccc2-c2c(-c3ccccc3)cccc2-c2ccccc2N(c2ccc(-c3cccc4ccccc34)cc2)c2ccc(-c3cccc4c3oc3ccccc34)cc2)cc1. The van der Waals surface area contributed by atoms with Gasteiger partial charge >= 0.3 is 0 Å². The Morgan fingerprint density at radius 2 is 0.712 bits per heavy atom. The Morgan fingerprint density at radius 3 is 1.45 bits per heavy atom. The zero-order valence-electron chi connectivity index (χ0n) is 36.2. The number of hydrogen-bond acceptors (Lipinski definition) is 2. The molecule has 0 N–H and O–H groups in total. The Kier molecular flexibility index (Phi) is 9.89. The number of rotatable bonds is 9. The molecule has 0 bridgehead atoms. The van der Waals surface area contributed by atoms with Crippen molar-refractivity contribution in [3.05, 3.63) is 261 Å². The average Bonchev–Trinajstić information content (AvgIpc) is 3.79. The summed E-state index contributed by atoms with van der Waals surface area (Å²) in [5.41, 5.74) is 18.9. The molecule has 2 heteroatoms. The van der Waals surface area contributed by atoms with Crippen molar-refractivity contribution in [1.82, 2.24) is 0 Å². The maximum Gasteiger partial charge on any atom is 0.143 e. The first-order valence-corrected chi connectivity index (χ1v) is 22.6. The third-order valence-corrected chi connectivity index (χ3v) is 12.9. The first-order chi connectivity index (χ1) is 32.8. The van der Waals surface area contributed by atoms with Crippen molar-refractivity contribution in [2.24, 2.45) is 0 Å². The third kappa shape index (κ3) is 6.93. The minimum absolute atomic E-state index is 0.897. The van der Waals surface area contributed by atoms with Crippen LogP contribution in [0.25, 0.3) is 99.5 Å². The van der Waals surface area contributed by atoms with Gasteiger partial charge in [0.2, 0.25) is 0 Å². The van der Waals surface area contributed by atoms with E-state index >= 15 is 0 Å². The molecule has 0 atom stereocenters. The van der Waals surface area contributed by atoms with E-state index in [-0.39, 0.29) is 0 Å². The van der Waals surface area contributed by atoms with E-state index in [0.717, 1.165) is 61.3 Å². The van der Waals surface area contributed by atoms with E-state index in [1.54, 1.807) is 0 Å². The van der Waals surface area contributed by atoms with Gasteiger partial charge in [0.25, 0.3) is 0 Å². The van der Waals surface area contributed by atoms with Crippen LogP contribution in [0.5, 0.6) is 0 Å². The van der Waals surface area contributed by atoms with Gasteiger partial charge in [-0.25, -0.2) is 0 Å². The molecule has 1 aromatic heterocycles. The molecule has 0 fully saturated rings. The third-order valence-electron chi connectivity index (χ3n) is 12.9. The van der Waals surface area contributed by atoms with Gasteiger partial charge in [0.05, 0.1) is 5.69 Å². The summed E-state index contributed by atoms with van der Waals surface area (Å²) in [6.45, 7) is 0. The second-order valence-corrected chi connectivity index (χ2v) is 16.8. The predicted molar refractivity (Wildman–Crippen MR) is 279 cm³/mol. The van der Waals surface area contributed by atoms with Crippen LogP contribution in [-0.4, -0.2) is 0 Å². The first kappa shape index (κ1) is 38.9. The number of furan rings is 1. The van der Waals surface area contributed by atoms with E-state index in [9.17, 15) is 0 Å². The van der Waals surface area contributed by atoms with Crippen LogP contribution in [0.15, 0.2) is 265 Å². The van der Waals surface area contributed by atoms with Gasteiger partial charge in [0.15, 0.2) is 0 Å². The van der Waals surface area contributed by atoms with Gasteiger partial charge in [-0.1, -0.05) is 224 Å². The summed E-state index contributed by atoms with van der Waals surface area (Å²) in [6.07, 6.45) is 0. The van der Waals surface area contributed by atoms with Crippen LogP contribution >= 0.6 is 0 Å². The van der Waals surface area contributed by atoms with Crippen molar-refractivity contribution in [2.75, 3.05) is 4.90 Å². The van der Waals surface area contributed by atoms with Crippen LogP contribution in [0, 0.1) is 0 Å². The Balaban J connectivity index is 1.06. The monoisotopic (exact) mass is 841 g/mol. The molecule has 66 heavy (non-hydrogen) atoms. The van der Waals surface area contributed by atoms with Gasteiger partial charge in [-0.3, -0.25) is 0 Å². The van der Waals surface area contributed by atoms with Gasteiger partial charge in [-0.2, -0.15) is 0 Å².